The fourth-order valence-electron chi connectivity index (χ4n) is 4.16. The van der Waals surface area contributed by atoms with Crippen LogP contribution in [0.25, 0.3) is 10.4 Å². The Morgan fingerprint density at radius 3 is 2.33 bits per heavy atom. The lowest BCUT2D eigenvalue weighted by molar-refractivity contribution is 0.00578. The highest BCUT2D eigenvalue weighted by molar-refractivity contribution is 7.15. The Bertz CT molecular complexity index is 996. The van der Waals surface area contributed by atoms with Gasteiger partial charge in [0.1, 0.15) is 10.6 Å². The molecule has 178 valence electrons. The second-order valence-corrected chi connectivity index (χ2v) is 12.3. The van der Waals surface area contributed by atoms with Gasteiger partial charge in [0.15, 0.2) is 0 Å². The molecule has 1 aromatic carbocycles. The SMILES string of the molecule is C[C@@H]1C[C@@H](c2ncc(-c3ccc(B4OC(C)(C)C(C)(C)O4)cc3)s2)N(C(=O)OC(C)(C)C)C1. The van der Waals surface area contributed by atoms with Gasteiger partial charge >= 0.3 is 13.2 Å². The monoisotopic (exact) mass is 470 g/mol. The number of ether oxygens (including phenoxy) is 1. The van der Waals surface area contributed by atoms with Crippen molar-refractivity contribution in [2.45, 2.75) is 84.7 Å². The largest absolute Gasteiger partial charge is 0.494 e. The van der Waals surface area contributed by atoms with Gasteiger partial charge in [-0.05, 0) is 71.8 Å². The van der Waals surface area contributed by atoms with Gasteiger partial charge in [0.05, 0.1) is 22.1 Å². The van der Waals surface area contributed by atoms with Gasteiger partial charge in [0.2, 0.25) is 0 Å². The molecule has 6 nitrogen and oxygen atoms in total. The summed E-state index contributed by atoms with van der Waals surface area (Å²) < 4.78 is 18.0. The lowest BCUT2D eigenvalue weighted by atomic mass is 9.79. The molecule has 0 N–H and O–H groups in total. The molecule has 0 bridgehead atoms. The summed E-state index contributed by atoms with van der Waals surface area (Å²) in [4.78, 5) is 20.4. The van der Waals surface area contributed by atoms with Crippen LogP contribution in [0.3, 0.4) is 0 Å². The maximum absolute atomic E-state index is 12.8. The molecule has 33 heavy (non-hydrogen) atoms. The smallest absolute Gasteiger partial charge is 0.444 e. The molecule has 2 atom stereocenters. The van der Waals surface area contributed by atoms with E-state index in [1.807, 2.05) is 31.9 Å². The number of aromatic nitrogens is 1. The Hall–Kier alpha value is -1.90. The Kier molecular flexibility index (Phi) is 6.17. The highest BCUT2D eigenvalue weighted by Crippen LogP contribution is 2.40. The first-order valence-corrected chi connectivity index (χ1v) is 12.5. The van der Waals surface area contributed by atoms with Crippen LogP contribution in [0.2, 0.25) is 0 Å². The predicted molar refractivity (Wildman–Crippen MR) is 133 cm³/mol. The molecule has 0 radical (unpaired) electrons. The Labute approximate surface area is 201 Å². The van der Waals surface area contributed by atoms with E-state index in [9.17, 15) is 4.79 Å². The van der Waals surface area contributed by atoms with Gasteiger partial charge in [-0.25, -0.2) is 9.78 Å². The quantitative estimate of drug-likeness (QED) is 0.560. The van der Waals surface area contributed by atoms with Gasteiger partial charge in [-0.15, -0.1) is 11.3 Å². The zero-order chi connectivity index (χ0) is 24.2. The zero-order valence-corrected chi connectivity index (χ0v) is 21.8. The molecule has 3 heterocycles. The summed E-state index contributed by atoms with van der Waals surface area (Å²) in [6.45, 7) is 16.8. The second kappa shape index (κ2) is 8.40. The van der Waals surface area contributed by atoms with E-state index < -0.39 is 5.60 Å². The molecule has 0 unspecified atom stereocenters. The van der Waals surface area contributed by atoms with Crippen molar-refractivity contribution in [1.82, 2.24) is 9.88 Å². The van der Waals surface area contributed by atoms with E-state index >= 15 is 0 Å². The van der Waals surface area contributed by atoms with Crippen molar-refractivity contribution < 1.29 is 18.8 Å². The molecular weight excluding hydrogens is 435 g/mol. The minimum atomic E-state index is -0.513. The molecule has 2 fully saturated rings. The lowest BCUT2D eigenvalue weighted by Gasteiger charge is -2.32. The van der Waals surface area contributed by atoms with Crippen LogP contribution in [-0.2, 0) is 14.0 Å². The van der Waals surface area contributed by atoms with Gasteiger partial charge < -0.3 is 14.0 Å². The molecule has 0 saturated carbocycles. The minimum Gasteiger partial charge on any atom is -0.444 e. The summed E-state index contributed by atoms with van der Waals surface area (Å²) in [7, 11) is -0.372. The van der Waals surface area contributed by atoms with E-state index in [1.54, 1.807) is 11.3 Å². The van der Waals surface area contributed by atoms with Gasteiger partial charge in [-0.1, -0.05) is 31.2 Å². The van der Waals surface area contributed by atoms with Crippen LogP contribution in [0.5, 0.6) is 0 Å². The van der Waals surface area contributed by atoms with E-state index in [2.05, 4.69) is 58.9 Å². The van der Waals surface area contributed by atoms with Crippen molar-refractivity contribution >= 4 is 30.0 Å². The highest BCUT2D eigenvalue weighted by Gasteiger charge is 2.51. The number of thiazole rings is 1. The van der Waals surface area contributed by atoms with Gasteiger partial charge in [-0.3, -0.25) is 4.90 Å². The van der Waals surface area contributed by atoms with E-state index in [1.165, 1.54) is 0 Å². The standard InChI is InChI=1S/C25H35BN2O4S/c1-16-13-19(28(15-16)22(29)30-23(2,3)4)21-27-14-20(33-21)17-9-11-18(12-10-17)26-31-24(5,6)25(7,8)32-26/h9-12,14,16,19H,13,15H2,1-8H3/t16-,19+/m1/s1. The van der Waals surface area contributed by atoms with E-state index in [0.29, 0.717) is 12.5 Å². The van der Waals surface area contributed by atoms with Crippen molar-refractivity contribution in [3.63, 3.8) is 0 Å². The highest BCUT2D eigenvalue weighted by atomic mass is 32.1. The number of hydrogen-bond acceptors (Lipinski definition) is 6. The van der Waals surface area contributed by atoms with Crippen molar-refractivity contribution in [1.29, 1.82) is 0 Å². The normalized spacial score (nSPS) is 24.4. The van der Waals surface area contributed by atoms with Gasteiger partial charge in [-0.2, -0.15) is 0 Å². The fourth-order valence-corrected chi connectivity index (χ4v) is 5.21. The van der Waals surface area contributed by atoms with Crippen molar-refractivity contribution in [3.8, 4) is 10.4 Å². The molecule has 8 heteroatoms. The number of rotatable bonds is 3. The zero-order valence-electron chi connectivity index (χ0n) is 21.0. The van der Waals surface area contributed by atoms with E-state index in [-0.39, 0.29) is 30.5 Å². The van der Waals surface area contributed by atoms with Crippen LogP contribution in [0.4, 0.5) is 4.79 Å². The molecule has 2 aliphatic heterocycles. The number of benzene rings is 1. The minimum absolute atomic E-state index is 0.0439. The molecule has 1 aromatic heterocycles. The first kappa shape index (κ1) is 24.2. The van der Waals surface area contributed by atoms with Crippen LogP contribution >= 0.6 is 11.3 Å². The summed E-state index contributed by atoms with van der Waals surface area (Å²) in [5.74, 6) is 0.411. The second-order valence-electron chi connectivity index (χ2n) is 11.3. The fraction of sp³-hybridized carbons (Fsp3) is 0.600. The molecule has 0 aliphatic carbocycles. The maximum atomic E-state index is 12.8. The van der Waals surface area contributed by atoms with Gasteiger partial charge in [0, 0.05) is 12.7 Å². The predicted octanol–water partition coefficient (Wildman–Crippen LogP) is 5.43. The van der Waals surface area contributed by atoms with Crippen LogP contribution in [0.15, 0.2) is 30.5 Å². The first-order valence-electron chi connectivity index (χ1n) is 11.7. The molecule has 1 amide bonds. The van der Waals surface area contributed by atoms with Crippen LogP contribution < -0.4 is 5.46 Å². The summed E-state index contributed by atoms with van der Waals surface area (Å²) in [5.41, 5.74) is 0.861. The third-order valence-electron chi connectivity index (χ3n) is 6.67. The Morgan fingerprint density at radius 1 is 1.15 bits per heavy atom. The van der Waals surface area contributed by atoms with E-state index in [0.717, 1.165) is 27.3 Å². The topological polar surface area (TPSA) is 60.9 Å². The summed E-state index contributed by atoms with van der Waals surface area (Å²) >= 11 is 1.64. The van der Waals surface area contributed by atoms with Crippen LogP contribution in [-0.4, -0.2) is 46.4 Å². The van der Waals surface area contributed by atoms with Crippen molar-refractivity contribution in [2.24, 2.45) is 5.92 Å². The van der Waals surface area contributed by atoms with Crippen molar-refractivity contribution in [3.05, 3.63) is 35.5 Å². The number of likely N-dealkylation sites (tertiary alicyclic amines) is 1. The Balaban J connectivity index is 1.50. The molecule has 2 aromatic rings. The third-order valence-corrected chi connectivity index (χ3v) is 7.82. The average Bonchev–Trinajstić information content (AvgIpc) is 3.37. The molecule has 2 saturated heterocycles. The number of carbonyl (C=O) groups excluding carboxylic acids is 1. The average molecular weight is 470 g/mol. The summed E-state index contributed by atoms with van der Waals surface area (Å²) in [6, 6.07) is 8.24. The number of hydrogen-bond donors (Lipinski definition) is 0. The number of amides is 1. The lowest BCUT2D eigenvalue weighted by Crippen LogP contribution is -2.41. The van der Waals surface area contributed by atoms with Crippen LogP contribution in [0.1, 0.15) is 72.9 Å². The van der Waals surface area contributed by atoms with E-state index in [4.69, 9.17) is 19.0 Å². The Morgan fingerprint density at radius 2 is 1.76 bits per heavy atom. The number of nitrogens with zero attached hydrogens (tertiary/aromatic N) is 2. The third kappa shape index (κ3) is 4.98. The molecule has 0 spiro atoms. The van der Waals surface area contributed by atoms with Crippen molar-refractivity contribution in [2.75, 3.05) is 6.54 Å². The molecule has 4 rings (SSSR count). The first-order chi connectivity index (χ1) is 15.3. The maximum Gasteiger partial charge on any atom is 0.494 e. The van der Waals surface area contributed by atoms with Gasteiger partial charge in [0.25, 0.3) is 0 Å². The summed E-state index contributed by atoms with van der Waals surface area (Å²) in [6.07, 6.45) is 2.54. The molecular formula is C25H35BN2O4S. The van der Waals surface area contributed by atoms with Crippen LogP contribution in [0, 0.1) is 5.92 Å². The molecule has 2 aliphatic rings. The number of carbonyl (C=O) groups is 1. The summed E-state index contributed by atoms with van der Waals surface area (Å²) in [5, 5.41) is 0.954.